The SMILES string of the molecule is CC(C)c1cc(-c2cc3ccccc3o2)cc(C(C)C)c1-n1c(-c2[c-]ccc3c2oc2cc4c(cc23)oc2ccccc24)nc2ccc3ccccc3c21.[2H]C(C)(C)c1cnc(-c2[c-]cccc2)cc1C(C)(C)C.[Ir]. The van der Waals surface area contributed by atoms with Crippen molar-refractivity contribution in [1.29, 1.82) is 0 Å². The second kappa shape index (κ2) is 19.0. The van der Waals surface area contributed by atoms with Gasteiger partial charge < -0.3 is 22.8 Å². The average molecular weight is 1150 g/mol. The van der Waals surface area contributed by atoms with Crippen LogP contribution in [0.4, 0.5) is 0 Å². The first-order chi connectivity index (χ1) is 35.6. The molecule has 7 heteroatoms. The number of hydrogen-bond acceptors (Lipinski definition) is 5. The van der Waals surface area contributed by atoms with Crippen molar-refractivity contribution >= 4 is 76.7 Å². The molecule has 0 aliphatic carbocycles. The number of aromatic nitrogens is 3. The van der Waals surface area contributed by atoms with Crippen LogP contribution in [0.1, 0.15) is 104 Å². The van der Waals surface area contributed by atoms with Crippen molar-refractivity contribution in [2.45, 2.75) is 85.5 Å². The minimum Gasteiger partial charge on any atom is -0.501 e. The fourth-order valence-corrected chi connectivity index (χ4v) is 10.6. The summed E-state index contributed by atoms with van der Waals surface area (Å²) in [7, 11) is 0. The van der Waals surface area contributed by atoms with Crippen LogP contribution in [0.15, 0.2) is 177 Å². The number of fused-ring (bicyclic) bond motifs is 10. The van der Waals surface area contributed by atoms with Gasteiger partial charge in [0.25, 0.3) is 0 Å². The van der Waals surface area contributed by atoms with Crippen LogP contribution in [-0.4, -0.2) is 14.5 Å². The molecule has 5 aromatic heterocycles. The number of imidazole rings is 1. The average Bonchev–Trinajstić information content (AvgIpc) is 4.19. The van der Waals surface area contributed by atoms with Crippen molar-refractivity contribution in [2.75, 3.05) is 0 Å². The second-order valence-electron chi connectivity index (χ2n) is 21.2. The van der Waals surface area contributed by atoms with E-state index in [9.17, 15) is 0 Å². The maximum Gasteiger partial charge on any atom is 0.136 e. The van der Waals surface area contributed by atoms with Gasteiger partial charge in [0.15, 0.2) is 0 Å². The minimum atomic E-state index is -0.644. The Morgan fingerprint density at radius 3 is 1.92 bits per heavy atom. The second-order valence-corrected chi connectivity index (χ2v) is 21.2. The van der Waals surface area contributed by atoms with E-state index in [4.69, 9.17) is 19.6 Å². The van der Waals surface area contributed by atoms with E-state index in [2.05, 4.69) is 167 Å². The van der Waals surface area contributed by atoms with E-state index >= 15 is 0 Å². The fraction of sp³-hybridized carbons (Fsp3) is 0.194. The van der Waals surface area contributed by atoms with Crippen molar-refractivity contribution in [1.82, 2.24) is 14.5 Å². The van der Waals surface area contributed by atoms with Crippen molar-refractivity contribution in [3.05, 3.63) is 198 Å². The number of rotatable bonds is 7. The molecule has 8 aromatic carbocycles. The summed E-state index contributed by atoms with van der Waals surface area (Å²) in [4.78, 5) is 10.00. The van der Waals surface area contributed by atoms with Crippen LogP contribution in [0, 0.1) is 12.1 Å². The van der Waals surface area contributed by atoms with Gasteiger partial charge in [-0.25, -0.2) is 0 Å². The van der Waals surface area contributed by atoms with Gasteiger partial charge in [-0.2, -0.15) is 0 Å². The Bertz CT molecular complexity index is 4230. The number of pyridine rings is 1. The number of furan rings is 3. The first kappa shape index (κ1) is 47.4. The Kier molecular flexibility index (Phi) is 12.2. The third kappa shape index (κ3) is 8.42. The fourth-order valence-electron chi connectivity index (χ4n) is 10.6. The number of para-hydroxylation sites is 2. The Hall–Kier alpha value is -7.57. The van der Waals surface area contributed by atoms with E-state index in [1.807, 2.05) is 80.7 Å². The van der Waals surface area contributed by atoms with Crippen LogP contribution >= 0.6 is 0 Å². The van der Waals surface area contributed by atoms with Crippen LogP contribution in [0.25, 0.3) is 116 Å². The van der Waals surface area contributed by atoms with Crippen LogP contribution in [0.5, 0.6) is 0 Å². The van der Waals surface area contributed by atoms with E-state index in [1.54, 1.807) is 0 Å². The molecule has 0 aliphatic rings. The monoisotopic (exact) mass is 1150 g/mol. The van der Waals surface area contributed by atoms with E-state index in [-0.39, 0.29) is 37.4 Å². The van der Waals surface area contributed by atoms with Gasteiger partial charge >= 0.3 is 0 Å². The summed E-state index contributed by atoms with van der Waals surface area (Å²) in [5, 5.41) is 7.51. The topological polar surface area (TPSA) is 70.1 Å². The number of nitrogens with zero attached hydrogens (tertiary/aromatic N) is 3. The molecule has 0 N–H and O–H groups in total. The zero-order valence-electron chi connectivity index (χ0n) is 44.1. The summed E-state index contributed by atoms with van der Waals surface area (Å²) in [5.41, 5.74) is 15.7. The summed E-state index contributed by atoms with van der Waals surface area (Å²) in [6.07, 6.45) is 1.85. The molecule has 6 nitrogen and oxygen atoms in total. The Morgan fingerprint density at radius 2 is 1.23 bits per heavy atom. The van der Waals surface area contributed by atoms with Gasteiger partial charge in [-0.15, -0.1) is 54.1 Å². The first-order valence-corrected chi connectivity index (χ1v) is 25.3. The molecule has 13 aromatic rings. The smallest absolute Gasteiger partial charge is 0.136 e. The molecule has 0 fully saturated rings. The standard InChI is InChI=1S/C49H35N2O3.C18H22N.Ir/c1-27(2)36-22-31(43-24-30-13-6-9-18-41(30)52-43)23-37(28(3)4)46(36)51-47-32-14-7-5-12-29(32)20-21-40(47)50-49(51)35-17-11-16-34-39-26-44-38(25-45(39)54-48(34)35)33-15-8-10-19-42(33)53-44;1-13(2)15-12-19-17(11-16(15)18(3,4)5)14-9-7-6-8-10-14;/h5-16,18-28H,1-4H3;6-9,11-13H,1-5H3;/q2*-1;/i;13D;. The van der Waals surface area contributed by atoms with Crippen LogP contribution in [0.3, 0.4) is 0 Å². The molecule has 0 bridgehead atoms. The summed E-state index contributed by atoms with van der Waals surface area (Å²) < 4.78 is 30.3. The molecule has 0 aliphatic heterocycles. The van der Waals surface area contributed by atoms with Gasteiger partial charge in [-0.3, -0.25) is 4.98 Å². The van der Waals surface area contributed by atoms with Crippen molar-refractivity contribution < 1.29 is 34.7 Å². The predicted molar refractivity (Wildman–Crippen MR) is 302 cm³/mol. The molecular formula is C67H57IrN3O3-2. The molecule has 0 atom stereocenters. The normalized spacial score (nSPS) is 12.4. The Labute approximate surface area is 446 Å². The molecule has 74 heavy (non-hydrogen) atoms. The molecule has 369 valence electrons. The van der Waals surface area contributed by atoms with Crippen molar-refractivity contribution in [3.8, 4) is 39.7 Å². The first-order valence-electron chi connectivity index (χ1n) is 25.8. The molecule has 0 saturated carbocycles. The van der Waals surface area contributed by atoms with E-state index in [0.29, 0.717) is 0 Å². The van der Waals surface area contributed by atoms with Gasteiger partial charge in [0.1, 0.15) is 28.1 Å². The van der Waals surface area contributed by atoms with Crippen molar-refractivity contribution in [2.24, 2.45) is 0 Å². The van der Waals surface area contributed by atoms with Gasteiger partial charge in [-0.1, -0.05) is 146 Å². The molecule has 0 saturated heterocycles. The zero-order valence-corrected chi connectivity index (χ0v) is 45.5. The molecule has 0 amide bonds. The molecule has 5 heterocycles. The third-order valence-electron chi connectivity index (χ3n) is 14.3. The molecule has 0 unspecified atom stereocenters. The molecule has 0 spiro atoms. The zero-order chi connectivity index (χ0) is 51.2. The largest absolute Gasteiger partial charge is 0.501 e. The Balaban J connectivity index is 0.000000243. The van der Waals surface area contributed by atoms with E-state index in [1.165, 1.54) is 16.7 Å². The van der Waals surface area contributed by atoms with Gasteiger partial charge in [0.05, 0.1) is 22.4 Å². The van der Waals surface area contributed by atoms with Crippen LogP contribution in [-0.2, 0) is 25.5 Å². The van der Waals surface area contributed by atoms with Crippen molar-refractivity contribution in [3.63, 3.8) is 0 Å². The van der Waals surface area contributed by atoms with E-state index < -0.39 is 5.89 Å². The van der Waals surface area contributed by atoms with Crippen LogP contribution in [0.2, 0.25) is 0 Å². The van der Waals surface area contributed by atoms with Gasteiger partial charge in [-0.05, 0) is 105 Å². The maximum absolute atomic E-state index is 8.32. The van der Waals surface area contributed by atoms with E-state index in [0.717, 1.165) is 122 Å². The minimum absolute atomic E-state index is 0. The summed E-state index contributed by atoms with van der Waals surface area (Å²) >= 11 is 0. The summed E-state index contributed by atoms with van der Waals surface area (Å²) in [6.45, 7) is 19.4. The molecule has 13 rings (SSSR count). The molecule has 1 radical (unpaired) electrons. The molecular weight excluding hydrogens is 1090 g/mol. The Morgan fingerprint density at radius 1 is 0.568 bits per heavy atom. The van der Waals surface area contributed by atoms with Gasteiger partial charge in [0.2, 0.25) is 0 Å². The third-order valence-corrected chi connectivity index (χ3v) is 14.3. The van der Waals surface area contributed by atoms with Crippen LogP contribution < -0.4 is 0 Å². The quantitative estimate of drug-likeness (QED) is 0.149. The summed E-state index contributed by atoms with van der Waals surface area (Å²) in [5.74, 6) is 1.40. The summed E-state index contributed by atoms with van der Waals surface area (Å²) in [6, 6.07) is 61.1. The number of hydrogen-bond donors (Lipinski definition) is 0. The van der Waals surface area contributed by atoms with Gasteiger partial charge in [0, 0.05) is 65.9 Å². The maximum atomic E-state index is 8.32. The number of benzene rings is 8. The predicted octanol–water partition coefficient (Wildman–Crippen LogP) is 19.1.